The van der Waals surface area contributed by atoms with Gasteiger partial charge in [0.1, 0.15) is 5.75 Å². The first kappa shape index (κ1) is 19.2. The van der Waals surface area contributed by atoms with E-state index in [2.05, 4.69) is 0 Å². The average Bonchev–Trinajstić information content (AvgIpc) is 3.25. The Kier molecular flexibility index (Phi) is 5.32. The molecule has 0 bridgehead atoms. The van der Waals surface area contributed by atoms with Crippen LogP contribution in [0.25, 0.3) is 0 Å². The summed E-state index contributed by atoms with van der Waals surface area (Å²) in [6.45, 7) is 2.95. The van der Waals surface area contributed by atoms with Crippen LogP contribution in [-0.4, -0.2) is 54.4 Å². The Labute approximate surface area is 167 Å². The van der Waals surface area contributed by atoms with Crippen molar-refractivity contribution in [2.75, 3.05) is 26.7 Å². The van der Waals surface area contributed by atoms with E-state index in [1.54, 1.807) is 7.11 Å². The number of hydrogen-bond donors (Lipinski definition) is 1. The maximum Gasteiger partial charge on any atom is 0.225 e. The molecular weight excluding hydrogens is 354 g/mol. The molecule has 1 saturated carbocycles. The standard InChI is InChI=1S/C22H31N3O3/c1-28-19-4-2-3-16(11-19)14-25-15-22(13-20(25)26)7-9-24(10-8-22)21(27)17-5-6-18(23)12-17/h2-4,11,17-18H,5-10,12-15,23H2,1H3/t17-,18+/m0/s1. The summed E-state index contributed by atoms with van der Waals surface area (Å²) in [5.41, 5.74) is 7.10. The average molecular weight is 386 g/mol. The van der Waals surface area contributed by atoms with Crippen molar-refractivity contribution in [2.45, 2.75) is 51.1 Å². The Morgan fingerprint density at radius 1 is 1.29 bits per heavy atom. The number of carbonyl (C=O) groups excluding carboxylic acids is 2. The van der Waals surface area contributed by atoms with Gasteiger partial charge in [0, 0.05) is 50.0 Å². The van der Waals surface area contributed by atoms with Crippen LogP contribution in [0.1, 0.15) is 44.1 Å². The third-order valence-corrected chi connectivity index (χ3v) is 6.87. The number of hydrogen-bond acceptors (Lipinski definition) is 4. The lowest BCUT2D eigenvalue weighted by atomic mass is 9.77. The molecule has 1 spiro atoms. The number of amides is 2. The molecule has 2 amide bonds. The van der Waals surface area contributed by atoms with E-state index in [1.165, 1.54) is 0 Å². The number of ether oxygens (including phenoxy) is 1. The first-order valence-electron chi connectivity index (χ1n) is 10.4. The molecule has 2 N–H and O–H groups in total. The molecule has 0 aromatic heterocycles. The predicted octanol–water partition coefficient (Wildman–Crippen LogP) is 2.16. The minimum Gasteiger partial charge on any atom is -0.497 e. The summed E-state index contributed by atoms with van der Waals surface area (Å²) in [5, 5.41) is 0. The molecule has 6 nitrogen and oxygen atoms in total. The third-order valence-electron chi connectivity index (χ3n) is 6.87. The smallest absolute Gasteiger partial charge is 0.225 e. The van der Waals surface area contributed by atoms with Gasteiger partial charge in [0.15, 0.2) is 0 Å². The number of piperidine rings is 1. The fourth-order valence-corrected chi connectivity index (χ4v) is 5.15. The quantitative estimate of drug-likeness (QED) is 0.862. The van der Waals surface area contributed by atoms with Crippen LogP contribution in [0.2, 0.25) is 0 Å². The number of rotatable bonds is 4. The first-order valence-corrected chi connectivity index (χ1v) is 10.4. The SMILES string of the molecule is COc1cccc(CN2CC3(CCN(C(=O)[C@H]4CC[C@@H](N)C4)CC3)CC2=O)c1. The largest absolute Gasteiger partial charge is 0.497 e. The summed E-state index contributed by atoms with van der Waals surface area (Å²) in [6.07, 6.45) is 5.15. The zero-order valence-electron chi connectivity index (χ0n) is 16.7. The molecule has 28 heavy (non-hydrogen) atoms. The van der Waals surface area contributed by atoms with Crippen molar-refractivity contribution in [1.29, 1.82) is 0 Å². The summed E-state index contributed by atoms with van der Waals surface area (Å²) in [4.78, 5) is 29.4. The van der Waals surface area contributed by atoms with Crippen LogP contribution in [-0.2, 0) is 16.1 Å². The van der Waals surface area contributed by atoms with Crippen molar-refractivity contribution in [3.63, 3.8) is 0 Å². The number of carbonyl (C=O) groups is 2. The fraction of sp³-hybridized carbons (Fsp3) is 0.636. The lowest BCUT2D eigenvalue weighted by Crippen LogP contribution is -2.46. The van der Waals surface area contributed by atoms with Crippen molar-refractivity contribution in [2.24, 2.45) is 17.1 Å². The summed E-state index contributed by atoms with van der Waals surface area (Å²) in [6, 6.07) is 8.09. The van der Waals surface area contributed by atoms with E-state index in [0.29, 0.717) is 13.0 Å². The summed E-state index contributed by atoms with van der Waals surface area (Å²) in [5.74, 6) is 1.43. The van der Waals surface area contributed by atoms with E-state index < -0.39 is 0 Å². The Morgan fingerprint density at radius 2 is 2.07 bits per heavy atom. The predicted molar refractivity (Wildman–Crippen MR) is 107 cm³/mol. The van der Waals surface area contributed by atoms with Crippen molar-refractivity contribution < 1.29 is 14.3 Å². The van der Waals surface area contributed by atoms with Crippen molar-refractivity contribution in [3.05, 3.63) is 29.8 Å². The van der Waals surface area contributed by atoms with Gasteiger partial charge in [0.25, 0.3) is 0 Å². The number of likely N-dealkylation sites (tertiary alicyclic amines) is 2. The zero-order chi connectivity index (χ0) is 19.7. The van der Waals surface area contributed by atoms with E-state index in [4.69, 9.17) is 10.5 Å². The van der Waals surface area contributed by atoms with Crippen LogP contribution in [0.3, 0.4) is 0 Å². The number of nitrogens with zero attached hydrogens (tertiary/aromatic N) is 2. The van der Waals surface area contributed by atoms with Crippen molar-refractivity contribution >= 4 is 11.8 Å². The minimum absolute atomic E-state index is 0.0266. The Morgan fingerprint density at radius 3 is 2.75 bits per heavy atom. The van der Waals surface area contributed by atoms with Gasteiger partial charge in [-0.3, -0.25) is 9.59 Å². The molecule has 0 unspecified atom stereocenters. The van der Waals surface area contributed by atoms with Crippen LogP contribution < -0.4 is 10.5 Å². The topological polar surface area (TPSA) is 75.9 Å². The van der Waals surface area contributed by atoms with E-state index in [-0.39, 0.29) is 29.2 Å². The molecule has 3 aliphatic rings. The zero-order valence-corrected chi connectivity index (χ0v) is 16.7. The molecule has 1 aromatic carbocycles. The Bertz CT molecular complexity index is 742. The third kappa shape index (κ3) is 3.88. The lowest BCUT2D eigenvalue weighted by molar-refractivity contribution is -0.137. The van der Waals surface area contributed by atoms with Crippen LogP contribution in [0.4, 0.5) is 0 Å². The molecule has 2 atom stereocenters. The summed E-state index contributed by atoms with van der Waals surface area (Å²) in [7, 11) is 1.66. The second-order valence-corrected chi connectivity index (χ2v) is 8.87. The van der Waals surface area contributed by atoms with Crippen molar-refractivity contribution in [1.82, 2.24) is 9.80 Å². The molecule has 2 saturated heterocycles. The van der Waals surface area contributed by atoms with Crippen LogP contribution in [0.15, 0.2) is 24.3 Å². The highest BCUT2D eigenvalue weighted by atomic mass is 16.5. The Balaban J connectivity index is 1.34. The second kappa shape index (κ2) is 7.74. The van der Waals surface area contributed by atoms with Gasteiger partial charge < -0.3 is 20.3 Å². The number of benzene rings is 1. The molecule has 2 heterocycles. The van der Waals surface area contributed by atoms with Gasteiger partial charge in [0.05, 0.1) is 7.11 Å². The van der Waals surface area contributed by atoms with E-state index in [1.807, 2.05) is 34.1 Å². The van der Waals surface area contributed by atoms with E-state index in [9.17, 15) is 9.59 Å². The molecule has 4 rings (SSSR count). The first-order chi connectivity index (χ1) is 13.5. The highest BCUT2D eigenvalue weighted by Gasteiger charge is 2.46. The fourth-order valence-electron chi connectivity index (χ4n) is 5.15. The Hall–Kier alpha value is -2.08. The van der Waals surface area contributed by atoms with Gasteiger partial charge in [-0.05, 0) is 49.8 Å². The molecular formula is C22H31N3O3. The van der Waals surface area contributed by atoms with Crippen molar-refractivity contribution in [3.8, 4) is 5.75 Å². The highest BCUT2D eigenvalue weighted by Crippen LogP contribution is 2.42. The van der Waals surface area contributed by atoms with Gasteiger partial charge in [-0.25, -0.2) is 0 Å². The molecule has 3 fully saturated rings. The van der Waals surface area contributed by atoms with Gasteiger partial charge in [-0.1, -0.05) is 12.1 Å². The normalized spacial score (nSPS) is 26.9. The lowest BCUT2D eigenvalue weighted by Gasteiger charge is -2.39. The minimum atomic E-state index is 0.0266. The maximum atomic E-state index is 12.8. The molecule has 1 aliphatic carbocycles. The number of nitrogens with two attached hydrogens (primary N) is 1. The van der Waals surface area contributed by atoms with Crippen LogP contribution in [0, 0.1) is 11.3 Å². The van der Waals surface area contributed by atoms with Gasteiger partial charge in [-0.2, -0.15) is 0 Å². The van der Waals surface area contributed by atoms with Gasteiger partial charge >= 0.3 is 0 Å². The second-order valence-electron chi connectivity index (χ2n) is 8.87. The monoisotopic (exact) mass is 385 g/mol. The molecule has 0 radical (unpaired) electrons. The summed E-state index contributed by atoms with van der Waals surface area (Å²) >= 11 is 0. The van der Waals surface area contributed by atoms with Gasteiger partial charge in [-0.15, -0.1) is 0 Å². The highest BCUT2D eigenvalue weighted by molar-refractivity contribution is 5.81. The van der Waals surface area contributed by atoms with Crippen LogP contribution >= 0.6 is 0 Å². The van der Waals surface area contributed by atoms with Gasteiger partial charge in [0.2, 0.25) is 11.8 Å². The summed E-state index contributed by atoms with van der Waals surface area (Å²) < 4.78 is 5.29. The maximum absolute atomic E-state index is 12.8. The van der Waals surface area contributed by atoms with Crippen LogP contribution in [0.5, 0.6) is 5.75 Å². The molecule has 2 aliphatic heterocycles. The molecule has 6 heteroatoms. The van der Waals surface area contributed by atoms with E-state index in [0.717, 1.165) is 63.1 Å². The number of methoxy groups -OCH3 is 1. The molecule has 152 valence electrons. The van der Waals surface area contributed by atoms with E-state index >= 15 is 0 Å². The molecule has 1 aromatic rings.